The number of aryl methyl sites for hydroxylation is 2. The molecule has 5 heteroatoms. The largest absolute Gasteiger partial charge is 0.457 e. The summed E-state index contributed by atoms with van der Waals surface area (Å²) in [5.74, 6) is 2.23. The van der Waals surface area contributed by atoms with Gasteiger partial charge in [0.25, 0.3) is 0 Å². The van der Waals surface area contributed by atoms with Gasteiger partial charge < -0.3 is 14.6 Å². The SMILES string of the molecule is Cc1noc(C)c1CCC(=O)Nc1ccc(Oc2ccccc2)cc1. The average Bonchev–Trinajstić information content (AvgIpc) is 2.94. The Kier molecular flexibility index (Phi) is 5.14. The molecule has 0 aliphatic carbocycles. The van der Waals surface area contributed by atoms with Crippen molar-refractivity contribution in [1.82, 2.24) is 5.16 Å². The molecule has 1 N–H and O–H groups in total. The minimum Gasteiger partial charge on any atom is -0.457 e. The molecule has 2 aromatic carbocycles. The Hall–Kier alpha value is -3.08. The van der Waals surface area contributed by atoms with Crippen molar-refractivity contribution in [2.45, 2.75) is 26.7 Å². The Morgan fingerprint density at radius 2 is 1.72 bits per heavy atom. The molecule has 0 spiro atoms. The number of hydrogen-bond acceptors (Lipinski definition) is 4. The van der Waals surface area contributed by atoms with Crippen LogP contribution in [0.15, 0.2) is 59.1 Å². The molecule has 0 atom stereocenters. The maximum atomic E-state index is 12.1. The van der Waals surface area contributed by atoms with Crippen LogP contribution >= 0.6 is 0 Å². The number of nitrogens with zero attached hydrogens (tertiary/aromatic N) is 1. The third-order valence-electron chi connectivity index (χ3n) is 3.90. The summed E-state index contributed by atoms with van der Waals surface area (Å²) >= 11 is 0. The molecule has 0 bridgehead atoms. The molecule has 3 rings (SSSR count). The summed E-state index contributed by atoms with van der Waals surface area (Å²) in [6.45, 7) is 3.74. The Morgan fingerprint density at radius 1 is 1.04 bits per heavy atom. The van der Waals surface area contributed by atoms with Crippen LogP contribution in [0.3, 0.4) is 0 Å². The highest BCUT2D eigenvalue weighted by molar-refractivity contribution is 5.90. The number of hydrogen-bond donors (Lipinski definition) is 1. The van der Waals surface area contributed by atoms with Gasteiger partial charge in [0.1, 0.15) is 17.3 Å². The summed E-state index contributed by atoms with van der Waals surface area (Å²) in [5, 5.41) is 6.79. The molecule has 3 aromatic rings. The summed E-state index contributed by atoms with van der Waals surface area (Å²) in [4.78, 5) is 12.1. The zero-order valence-corrected chi connectivity index (χ0v) is 14.3. The highest BCUT2D eigenvalue weighted by Crippen LogP contribution is 2.23. The van der Waals surface area contributed by atoms with Gasteiger partial charge in [0.05, 0.1) is 5.69 Å². The van der Waals surface area contributed by atoms with Gasteiger partial charge in [-0.25, -0.2) is 0 Å². The first-order chi connectivity index (χ1) is 12.1. The van der Waals surface area contributed by atoms with Gasteiger partial charge in [0, 0.05) is 17.7 Å². The van der Waals surface area contributed by atoms with Gasteiger partial charge in [-0.2, -0.15) is 0 Å². The molecule has 0 fully saturated rings. The minimum absolute atomic E-state index is 0.0447. The predicted molar refractivity (Wildman–Crippen MR) is 95.9 cm³/mol. The van der Waals surface area contributed by atoms with Crippen LogP contribution in [0.2, 0.25) is 0 Å². The fourth-order valence-corrected chi connectivity index (χ4v) is 2.55. The predicted octanol–water partition coefficient (Wildman–Crippen LogP) is 4.66. The van der Waals surface area contributed by atoms with E-state index in [4.69, 9.17) is 9.26 Å². The molecule has 25 heavy (non-hydrogen) atoms. The number of aromatic nitrogens is 1. The Morgan fingerprint density at radius 3 is 2.36 bits per heavy atom. The lowest BCUT2D eigenvalue weighted by molar-refractivity contribution is -0.116. The van der Waals surface area contributed by atoms with E-state index in [-0.39, 0.29) is 5.91 Å². The number of rotatable bonds is 6. The standard InChI is InChI=1S/C20H20N2O3/c1-14-19(15(2)25-22-14)12-13-20(23)21-16-8-10-18(11-9-16)24-17-6-4-3-5-7-17/h3-11H,12-13H2,1-2H3,(H,21,23). The third kappa shape index (κ3) is 4.47. The van der Waals surface area contributed by atoms with Crippen molar-refractivity contribution in [3.63, 3.8) is 0 Å². The zero-order valence-electron chi connectivity index (χ0n) is 14.3. The van der Waals surface area contributed by atoms with E-state index < -0.39 is 0 Å². The number of para-hydroxylation sites is 1. The molecule has 0 radical (unpaired) electrons. The summed E-state index contributed by atoms with van der Waals surface area (Å²) in [6, 6.07) is 16.9. The number of nitrogens with one attached hydrogen (secondary N) is 1. The van der Waals surface area contributed by atoms with Crippen LogP contribution in [0.1, 0.15) is 23.4 Å². The van der Waals surface area contributed by atoms with Crippen molar-refractivity contribution < 1.29 is 14.1 Å². The maximum absolute atomic E-state index is 12.1. The van der Waals surface area contributed by atoms with Crippen LogP contribution in [0.5, 0.6) is 11.5 Å². The summed E-state index contributed by atoms with van der Waals surface area (Å²) in [7, 11) is 0. The molecule has 5 nitrogen and oxygen atoms in total. The van der Waals surface area contributed by atoms with E-state index in [1.807, 2.05) is 68.4 Å². The third-order valence-corrected chi connectivity index (χ3v) is 3.90. The smallest absolute Gasteiger partial charge is 0.224 e. The van der Waals surface area contributed by atoms with Gasteiger partial charge in [-0.15, -0.1) is 0 Å². The lowest BCUT2D eigenvalue weighted by atomic mass is 10.1. The van der Waals surface area contributed by atoms with E-state index in [2.05, 4.69) is 10.5 Å². The molecule has 0 aliphatic rings. The van der Waals surface area contributed by atoms with E-state index in [0.29, 0.717) is 12.8 Å². The number of benzene rings is 2. The number of carbonyl (C=O) groups excluding carboxylic acids is 1. The van der Waals surface area contributed by atoms with Crippen molar-refractivity contribution in [2.75, 3.05) is 5.32 Å². The van der Waals surface area contributed by atoms with Gasteiger partial charge in [-0.05, 0) is 56.7 Å². The maximum Gasteiger partial charge on any atom is 0.224 e. The average molecular weight is 336 g/mol. The monoisotopic (exact) mass is 336 g/mol. The Labute approximate surface area is 146 Å². The van der Waals surface area contributed by atoms with Crippen molar-refractivity contribution in [2.24, 2.45) is 0 Å². The van der Waals surface area contributed by atoms with Crippen LogP contribution in [0.4, 0.5) is 5.69 Å². The molecular weight excluding hydrogens is 316 g/mol. The quantitative estimate of drug-likeness (QED) is 0.711. The summed E-state index contributed by atoms with van der Waals surface area (Å²) in [6.07, 6.45) is 0.993. The zero-order chi connectivity index (χ0) is 17.6. The van der Waals surface area contributed by atoms with Gasteiger partial charge in [-0.1, -0.05) is 23.4 Å². The van der Waals surface area contributed by atoms with E-state index in [1.165, 1.54) is 0 Å². The molecular formula is C20H20N2O3. The summed E-state index contributed by atoms with van der Waals surface area (Å²) in [5.41, 5.74) is 2.58. The van der Waals surface area contributed by atoms with Gasteiger partial charge >= 0.3 is 0 Å². The molecule has 0 saturated carbocycles. The van der Waals surface area contributed by atoms with E-state index in [0.717, 1.165) is 34.2 Å². The second-order valence-corrected chi connectivity index (χ2v) is 5.79. The van der Waals surface area contributed by atoms with Crippen LogP contribution < -0.4 is 10.1 Å². The minimum atomic E-state index is -0.0447. The molecule has 0 saturated heterocycles. The molecule has 1 aromatic heterocycles. The number of amides is 1. The van der Waals surface area contributed by atoms with Gasteiger partial charge in [-0.3, -0.25) is 4.79 Å². The normalized spacial score (nSPS) is 10.5. The van der Waals surface area contributed by atoms with Crippen LogP contribution in [0, 0.1) is 13.8 Å². The molecule has 0 aliphatic heterocycles. The highest BCUT2D eigenvalue weighted by atomic mass is 16.5. The van der Waals surface area contributed by atoms with Crippen LogP contribution in [0.25, 0.3) is 0 Å². The van der Waals surface area contributed by atoms with Crippen molar-refractivity contribution in [3.05, 3.63) is 71.6 Å². The number of carbonyl (C=O) groups is 1. The molecule has 1 heterocycles. The van der Waals surface area contributed by atoms with E-state index in [1.54, 1.807) is 0 Å². The first kappa shape index (κ1) is 16.8. The van der Waals surface area contributed by atoms with Crippen LogP contribution in [-0.2, 0) is 11.2 Å². The first-order valence-corrected chi connectivity index (χ1v) is 8.16. The van der Waals surface area contributed by atoms with Gasteiger partial charge in [0.15, 0.2) is 0 Å². The first-order valence-electron chi connectivity index (χ1n) is 8.16. The van der Waals surface area contributed by atoms with Crippen molar-refractivity contribution in [1.29, 1.82) is 0 Å². The number of anilines is 1. The summed E-state index contributed by atoms with van der Waals surface area (Å²) < 4.78 is 10.8. The lowest BCUT2D eigenvalue weighted by Gasteiger charge is -2.08. The van der Waals surface area contributed by atoms with E-state index in [9.17, 15) is 4.79 Å². The Bertz CT molecular complexity index is 820. The van der Waals surface area contributed by atoms with Crippen LogP contribution in [-0.4, -0.2) is 11.1 Å². The fourth-order valence-electron chi connectivity index (χ4n) is 2.55. The second-order valence-electron chi connectivity index (χ2n) is 5.79. The van der Waals surface area contributed by atoms with Crippen molar-refractivity contribution >= 4 is 11.6 Å². The molecule has 128 valence electrons. The van der Waals surface area contributed by atoms with E-state index >= 15 is 0 Å². The molecule has 0 unspecified atom stereocenters. The highest BCUT2D eigenvalue weighted by Gasteiger charge is 2.11. The van der Waals surface area contributed by atoms with Crippen molar-refractivity contribution in [3.8, 4) is 11.5 Å². The molecule has 1 amide bonds. The van der Waals surface area contributed by atoms with Gasteiger partial charge in [0.2, 0.25) is 5.91 Å². The Balaban J connectivity index is 1.53. The topological polar surface area (TPSA) is 64.4 Å². The number of ether oxygens (including phenoxy) is 1. The fraction of sp³-hybridized carbons (Fsp3) is 0.200. The second kappa shape index (κ2) is 7.66. The lowest BCUT2D eigenvalue weighted by Crippen LogP contribution is -2.12.